The van der Waals surface area contributed by atoms with E-state index in [9.17, 15) is 19.5 Å². The molecule has 3 rings (SSSR count). The summed E-state index contributed by atoms with van der Waals surface area (Å²) in [6.45, 7) is 0. The number of carbonyl (C=O) groups excluding carboxylic acids is 3. The van der Waals surface area contributed by atoms with E-state index in [2.05, 4.69) is 5.32 Å². The number of nitrogens with zero attached hydrogens (tertiary/aromatic N) is 1. The van der Waals surface area contributed by atoms with Crippen molar-refractivity contribution in [1.29, 1.82) is 0 Å². The SMILES string of the molecule is O=C([O-])c1ccccc1NC1=C(Cl)C(=O)N(c2ccccc2Cl)C1=O. The molecule has 6 nitrogen and oxygen atoms in total. The summed E-state index contributed by atoms with van der Waals surface area (Å²) in [4.78, 5) is 37.0. The molecule has 0 saturated carbocycles. The third kappa shape index (κ3) is 2.97. The van der Waals surface area contributed by atoms with Crippen molar-refractivity contribution in [3.05, 3.63) is 69.8 Å². The minimum absolute atomic E-state index is 0.0813. The quantitative estimate of drug-likeness (QED) is 0.826. The summed E-state index contributed by atoms with van der Waals surface area (Å²) in [6, 6.07) is 12.1. The topological polar surface area (TPSA) is 89.5 Å². The highest BCUT2D eigenvalue weighted by Gasteiger charge is 2.39. The zero-order chi connectivity index (χ0) is 18.1. The zero-order valence-corrected chi connectivity index (χ0v) is 14.0. The standard InChI is InChI=1S/C17H10Cl2N2O4/c18-10-6-2-4-8-12(10)21-15(22)13(19)14(16(21)23)20-11-7-3-1-5-9(11)17(24)25/h1-8,20H,(H,24,25)/p-1. The van der Waals surface area contributed by atoms with Crippen molar-refractivity contribution in [3.8, 4) is 0 Å². The second kappa shape index (κ2) is 6.58. The highest BCUT2D eigenvalue weighted by atomic mass is 35.5. The highest BCUT2D eigenvalue weighted by Crippen LogP contribution is 2.34. The van der Waals surface area contributed by atoms with Gasteiger partial charge < -0.3 is 15.2 Å². The number of carbonyl (C=O) groups is 3. The van der Waals surface area contributed by atoms with Gasteiger partial charge >= 0.3 is 0 Å². The molecule has 25 heavy (non-hydrogen) atoms. The van der Waals surface area contributed by atoms with Gasteiger partial charge in [0.2, 0.25) is 0 Å². The summed E-state index contributed by atoms with van der Waals surface area (Å²) in [5, 5.41) is 13.6. The van der Waals surface area contributed by atoms with E-state index >= 15 is 0 Å². The van der Waals surface area contributed by atoms with E-state index in [1.54, 1.807) is 18.2 Å². The van der Waals surface area contributed by atoms with Crippen LogP contribution in [0.4, 0.5) is 11.4 Å². The number of hydrogen-bond donors (Lipinski definition) is 1. The predicted octanol–water partition coefficient (Wildman–Crippen LogP) is 2.14. The molecule has 0 aromatic heterocycles. The molecule has 0 unspecified atom stereocenters. The minimum atomic E-state index is -1.43. The molecule has 1 aliphatic heterocycles. The Morgan fingerprint density at radius 3 is 2.28 bits per heavy atom. The molecule has 0 saturated heterocycles. The predicted molar refractivity (Wildman–Crippen MR) is 91.2 cm³/mol. The minimum Gasteiger partial charge on any atom is -0.545 e. The number of anilines is 2. The summed E-state index contributed by atoms with van der Waals surface area (Å²) in [5.41, 5.74) is -0.142. The van der Waals surface area contributed by atoms with E-state index in [-0.39, 0.29) is 32.7 Å². The highest BCUT2D eigenvalue weighted by molar-refractivity contribution is 6.53. The molecule has 1 N–H and O–H groups in total. The molecular formula is C17H9Cl2N2O4-. The van der Waals surface area contributed by atoms with Crippen LogP contribution in [0.25, 0.3) is 0 Å². The third-order valence-corrected chi connectivity index (χ3v) is 4.20. The van der Waals surface area contributed by atoms with Crippen molar-refractivity contribution >= 4 is 52.4 Å². The fourth-order valence-electron chi connectivity index (χ4n) is 2.37. The number of carboxylic acid groups (broad SMARTS) is 1. The fraction of sp³-hybridized carbons (Fsp3) is 0. The van der Waals surface area contributed by atoms with Gasteiger partial charge in [0, 0.05) is 11.3 Å². The van der Waals surface area contributed by atoms with Gasteiger partial charge in [-0.3, -0.25) is 9.59 Å². The lowest BCUT2D eigenvalue weighted by molar-refractivity contribution is -0.254. The van der Waals surface area contributed by atoms with Gasteiger partial charge in [-0.2, -0.15) is 0 Å². The molecule has 0 spiro atoms. The first kappa shape index (κ1) is 17.0. The van der Waals surface area contributed by atoms with E-state index in [1.807, 2.05) is 0 Å². The largest absolute Gasteiger partial charge is 0.545 e. The molecule has 2 aromatic rings. The van der Waals surface area contributed by atoms with Crippen LogP contribution in [0.3, 0.4) is 0 Å². The zero-order valence-electron chi connectivity index (χ0n) is 12.5. The molecule has 1 aliphatic rings. The average Bonchev–Trinajstić information content (AvgIpc) is 2.80. The molecule has 2 amide bonds. The molecule has 0 atom stereocenters. The van der Waals surface area contributed by atoms with Gasteiger partial charge in [0.15, 0.2) is 0 Å². The van der Waals surface area contributed by atoms with Crippen LogP contribution in [0.15, 0.2) is 59.3 Å². The Morgan fingerprint density at radius 1 is 0.960 bits per heavy atom. The van der Waals surface area contributed by atoms with Gasteiger partial charge in [-0.05, 0) is 18.2 Å². The fourth-order valence-corrected chi connectivity index (χ4v) is 2.80. The maximum absolute atomic E-state index is 12.6. The molecule has 0 radical (unpaired) electrons. The molecule has 0 bridgehead atoms. The van der Waals surface area contributed by atoms with Crippen LogP contribution in [0.2, 0.25) is 5.02 Å². The summed E-state index contributed by atoms with van der Waals surface area (Å²) < 4.78 is 0. The first-order valence-electron chi connectivity index (χ1n) is 7.02. The van der Waals surface area contributed by atoms with Crippen molar-refractivity contribution in [2.45, 2.75) is 0 Å². The smallest absolute Gasteiger partial charge is 0.283 e. The average molecular weight is 376 g/mol. The lowest BCUT2D eigenvalue weighted by Crippen LogP contribution is -2.32. The van der Waals surface area contributed by atoms with Gasteiger partial charge in [-0.15, -0.1) is 0 Å². The number of imide groups is 1. The Bertz CT molecular complexity index is 940. The Kier molecular flexibility index (Phi) is 4.48. The van der Waals surface area contributed by atoms with Crippen LogP contribution in [-0.4, -0.2) is 17.8 Å². The summed E-state index contributed by atoms with van der Waals surface area (Å²) in [6.07, 6.45) is 0. The Morgan fingerprint density at radius 2 is 1.60 bits per heavy atom. The maximum atomic E-state index is 12.6. The maximum Gasteiger partial charge on any atom is 0.283 e. The normalized spacial score (nSPS) is 14.2. The van der Waals surface area contributed by atoms with E-state index in [0.29, 0.717) is 0 Å². The number of nitrogens with one attached hydrogen (secondary N) is 1. The summed E-state index contributed by atoms with van der Waals surface area (Å²) in [7, 11) is 0. The molecular weight excluding hydrogens is 367 g/mol. The van der Waals surface area contributed by atoms with Crippen LogP contribution in [-0.2, 0) is 9.59 Å². The number of aromatic carboxylic acids is 1. The molecule has 2 aromatic carbocycles. The molecule has 8 heteroatoms. The third-order valence-electron chi connectivity index (χ3n) is 3.53. The number of carboxylic acids is 1. The van der Waals surface area contributed by atoms with Crippen LogP contribution in [0, 0.1) is 0 Å². The Balaban J connectivity index is 1.99. The molecule has 1 heterocycles. The van der Waals surface area contributed by atoms with E-state index in [4.69, 9.17) is 23.2 Å². The van der Waals surface area contributed by atoms with Gasteiger partial charge in [0.05, 0.1) is 16.7 Å². The van der Waals surface area contributed by atoms with Crippen LogP contribution >= 0.6 is 23.2 Å². The van der Waals surface area contributed by atoms with Crippen LogP contribution < -0.4 is 15.3 Å². The molecule has 0 fully saturated rings. The van der Waals surface area contributed by atoms with Crippen molar-refractivity contribution in [2.75, 3.05) is 10.2 Å². The second-order valence-electron chi connectivity index (χ2n) is 5.04. The lowest BCUT2D eigenvalue weighted by atomic mass is 10.1. The van der Waals surface area contributed by atoms with Gasteiger partial charge in [0.25, 0.3) is 11.8 Å². The van der Waals surface area contributed by atoms with E-state index in [1.165, 1.54) is 30.3 Å². The van der Waals surface area contributed by atoms with Crippen molar-refractivity contribution < 1.29 is 19.5 Å². The number of halogens is 2. The monoisotopic (exact) mass is 375 g/mol. The molecule has 0 aliphatic carbocycles. The van der Waals surface area contributed by atoms with Crippen molar-refractivity contribution in [3.63, 3.8) is 0 Å². The van der Waals surface area contributed by atoms with E-state index in [0.717, 1.165) is 4.90 Å². The van der Waals surface area contributed by atoms with Gasteiger partial charge in [-0.25, -0.2) is 4.90 Å². The Labute approximate surface area is 152 Å². The summed E-state index contributed by atoms with van der Waals surface area (Å²) in [5.74, 6) is -2.93. The van der Waals surface area contributed by atoms with E-state index < -0.39 is 17.8 Å². The van der Waals surface area contributed by atoms with Crippen LogP contribution in [0.5, 0.6) is 0 Å². The number of benzene rings is 2. The van der Waals surface area contributed by atoms with Crippen LogP contribution in [0.1, 0.15) is 10.4 Å². The molecule has 126 valence electrons. The number of amides is 2. The Hall–Kier alpha value is -2.83. The van der Waals surface area contributed by atoms with Crippen molar-refractivity contribution in [2.24, 2.45) is 0 Å². The second-order valence-corrected chi connectivity index (χ2v) is 5.83. The van der Waals surface area contributed by atoms with Gasteiger partial charge in [0.1, 0.15) is 10.7 Å². The first-order valence-corrected chi connectivity index (χ1v) is 7.78. The summed E-state index contributed by atoms with van der Waals surface area (Å²) >= 11 is 12.0. The first-order chi connectivity index (χ1) is 11.9. The number of hydrogen-bond acceptors (Lipinski definition) is 5. The number of para-hydroxylation sites is 2. The van der Waals surface area contributed by atoms with Crippen molar-refractivity contribution in [1.82, 2.24) is 0 Å². The number of rotatable bonds is 4. The van der Waals surface area contributed by atoms with Gasteiger partial charge in [-0.1, -0.05) is 53.5 Å². The lowest BCUT2D eigenvalue weighted by Gasteiger charge is -2.17.